The molecule has 0 aromatic heterocycles. The van der Waals surface area contributed by atoms with E-state index >= 15 is 0 Å². The zero-order valence-electron chi connectivity index (χ0n) is 13.8. The number of hydrogen-bond acceptors (Lipinski definition) is 4. The Kier molecular flexibility index (Phi) is 5.64. The minimum Gasteiger partial charge on any atom is -0.507 e. The molecule has 0 aliphatic heterocycles. The van der Waals surface area contributed by atoms with Gasteiger partial charge in [-0.1, -0.05) is 12.1 Å². The molecule has 2 aromatic carbocycles. The summed E-state index contributed by atoms with van der Waals surface area (Å²) in [6.07, 6.45) is 0.0955. The van der Waals surface area contributed by atoms with Crippen molar-refractivity contribution in [1.82, 2.24) is 0 Å². The zero-order valence-corrected chi connectivity index (χ0v) is 13.8. The van der Waals surface area contributed by atoms with E-state index in [0.717, 1.165) is 16.7 Å². The van der Waals surface area contributed by atoms with Crippen LogP contribution >= 0.6 is 0 Å². The van der Waals surface area contributed by atoms with Crippen LogP contribution in [0.4, 0.5) is 0 Å². The largest absolute Gasteiger partial charge is 0.507 e. The lowest BCUT2D eigenvalue weighted by atomic mass is 9.96. The van der Waals surface area contributed by atoms with Gasteiger partial charge in [0.1, 0.15) is 11.5 Å². The smallest absolute Gasteiger partial charge is 0.123 e. The first-order valence-electron chi connectivity index (χ1n) is 7.76. The van der Waals surface area contributed by atoms with Crippen molar-refractivity contribution in [3.8, 4) is 22.6 Å². The Balaban J connectivity index is 2.44. The van der Waals surface area contributed by atoms with Gasteiger partial charge in [0, 0.05) is 12.0 Å². The second-order valence-corrected chi connectivity index (χ2v) is 5.98. The van der Waals surface area contributed by atoms with E-state index in [-0.39, 0.29) is 5.75 Å². The maximum atomic E-state index is 10.2. The third-order valence-electron chi connectivity index (χ3n) is 3.70. The Morgan fingerprint density at radius 2 is 1.65 bits per heavy atom. The number of aliphatic hydroxyl groups excluding tert-OH is 2. The Morgan fingerprint density at radius 1 is 0.957 bits per heavy atom. The first-order chi connectivity index (χ1) is 10.9. The quantitative estimate of drug-likeness (QED) is 0.766. The van der Waals surface area contributed by atoms with Crippen molar-refractivity contribution >= 4 is 0 Å². The van der Waals surface area contributed by atoms with Crippen LogP contribution in [0.2, 0.25) is 0 Å². The standard InChI is InChI=1S/C19H24O4/c1-12(20)8-14-4-6-18(22)17(10-14)15-5-7-19(23-3)16(11-15)9-13(2)21/h4-7,10-13,20-22H,8-9H2,1-3H3/t12-,13-/m1/s1. The molecule has 0 aliphatic carbocycles. The fourth-order valence-corrected chi connectivity index (χ4v) is 2.71. The average molecular weight is 316 g/mol. The van der Waals surface area contributed by atoms with E-state index in [1.54, 1.807) is 27.0 Å². The molecular formula is C19H24O4. The van der Waals surface area contributed by atoms with E-state index in [9.17, 15) is 15.3 Å². The fraction of sp³-hybridized carbons (Fsp3) is 0.368. The molecule has 4 nitrogen and oxygen atoms in total. The summed E-state index contributed by atoms with van der Waals surface area (Å²) in [7, 11) is 1.60. The predicted molar refractivity (Wildman–Crippen MR) is 90.9 cm³/mol. The third kappa shape index (κ3) is 4.47. The summed E-state index contributed by atoms with van der Waals surface area (Å²) >= 11 is 0. The van der Waals surface area contributed by atoms with Gasteiger partial charge >= 0.3 is 0 Å². The van der Waals surface area contributed by atoms with Crippen molar-refractivity contribution in [1.29, 1.82) is 0 Å². The number of hydrogen-bond donors (Lipinski definition) is 3. The number of aliphatic hydroxyl groups is 2. The van der Waals surface area contributed by atoms with E-state index in [2.05, 4.69) is 0 Å². The lowest BCUT2D eigenvalue weighted by Crippen LogP contribution is -2.06. The Bertz CT molecular complexity index is 662. The van der Waals surface area contributed by atoms with Crippen LogP contribution in [0.3, 0.4) is 0 Å². The third-order valence-corrected chi connectivity index (χ3v) is 3.70. The fourth-order valence-electron chi connectivity index (χ4n) is 2.71. The van der Waals surface area contributed by atoms with Crippen molar-refractivity contribution in [2.75, 3.05) is 7.11 Å². The van der Waals surface area contributed by atoms with Crippen LogP contribution in [0, 0.1) is 0 Å². The van der Waals surface area contributed by atoms with Gasteiger partial charge in [-0.25, -0.2) is 0 Å². The summed E-state index contributed by atoms with van der Waals surface area (Å²) in [6, 6.07) is 11.0. The molecule has 3 N–H and O–H groups in total. The van der Waals surface area contributed by atoms with Gasteiger partial charge in [-0.2, -0.15) is 0 Å². The van der Waals surface area contributed by atoms with Crippen molar-refractivity contribution in [3.05, 3.63) is 47.5 Å². The van der Waals surface area contributed by atoms with E-state index in [4.69, 9.17) is 4.74 Å². The molecule has 0 fully saturated rings. The normalized spacial score (nSPS) is 13.6. The Labute approximate surface area is 137 Å². The molecule has 124 valence electrons. The Hall–Kier alpha value is -2.04. The van der Waals surface area contributed by atoms with Crippen molar-refractivity contribution in [2.45, 2.75) is 38.9 Å². The highest BCUT2D eigenvalue weighted by Gasteiger charge is 2.12. The van der Waals surface area contributed by atoms with E-state index < -0.39 is 12.2 Å². The average Bonchev–Trinajstić information content (AvgIpc) is 2.48. The first-order valence-corrected chi connectivity index (χ1v) is 7.76. The molecule has 2 atom stereocenters. The number of benzene rings is 2. The summed E-state index contributed by atoms with van der Waals surface area (Å²) in [6.45, 7) is 3.47. The van der Waals surface area contributed by atoms with Gasteiger partial charge < -0.3 is 20.1 Å². The molecule has 0 bridgehead atoms. The van der Waals surface area contributed by atoms with E-state index in [1.165, 1.54) is 0 Å². The molecule has 2 aromatic rings. The second-order valence-electron chi connectivity index (χ2n) is 5.98. The van der Waals surface area contributed by atoms with E-state index in [1.807, 2.05) is 30.3 Å². The minimum absolute atomic E-state index is 0.188. The highest BCUT2D eigenvalue weighted by molar-refractivity contribution is 5.72. The summed E-state index contributed by atoms with van der Waals surface area (Å²) in [4.78, 5) is 0. The van der Waals surface area contributed by atoms with Gasteiger partial charge in [-0.3, -0.25) is 0 Å². The van der Waals surface area contributed by atoms with Crippen molar-refractivity contribution in [2.24, 2.45) is 0 Å². The molecule has 4 heteroatoms. The number of aromatic hydroxyl groups is 1. The van der Waals surface area contributed by atoms with Crippen molar-refractivity contribution in [3.63, 3.8) is 0 Å². The number of methoxy groups -OCH3 is 1. The van der Waals surface area contributed by atoms with Gasteiger partial charge in [-0.15, -0.1) is 0 Å². The number of rotatable bonds is 6. The number of ether oxygens (including phenoxy) is 1. The maximum Gasteiger partial charge on any atom is 0.123 e. The lowest BCUT2D eigenvalue weighted by molar-refractivity contribution is 0.194. The highest BCUT2D eigenvalue weighted by atomic mass is 16.5. The number of phenolic OH excluding ortho intramolecular Hbond substituents is 1. The molecule has 23 heavy (non-hydrogen) atoms. The monoisotopic (exact) mass is 316 g/mol. The predicted octanol–water partition coefficient (Wildman–Crippen LogP) is 2.91. The van der Waals surface area contributed by atoms with Crippen LogP contribution in [-0.2, 0) is 12.8 Å². The van der Waals surface area contributed by atoms with Gasteiger partial charge in [0.25, 0.3) is 0 Å². The summed E-state index contributed by atoms with van der Waals surface area (Å²) in [5.74, 6) is 0.904. The molecule has 0 heterocycles. The molecule has 0 radical (unpaired) electrons. The maximum absolute atomic E-state index is 10.2. The molecule has 0 spiro atoms. The summed E-state index contributed by atoms with van der Waals surface area (Å²) in [5.41, 5.74) is 3.41. The van der Waals surface area contributed by atoms with Crippen molar-refractivity contribution < 1.29 is 20.1 Å². The van der Waals surface area contributed by atoms with Gasteiger partial charge in [-0.05, 0) is 61.2 Å². The zero-order chi connectivity index (χ0) is 17.0. The van der Waals surface area contributed by atoms with E-state index in [0.29, 0.717) is 24.2 Å². The topological polar surface area (TPSA) is 69.9 Å². The van der Waals surface area contributed by atoms with Crippen LogP contribution < -0.4 is 4.74 Å². The first kappa shape index (κ1) is 17.3. The van der Waals surface area contributed by atoms with Crippen LogP contribution in [0.15, 0.2) is 36.4 Å². The minimum atomic E-state index is -0.477. The SMILES string of the molecule is COc1ccc(-c2cc(C[C@@H](C)O)ccc2O)cc1C[C@@H](C)O. The lowest BCUT2D eigenvalue weighted by Gasteiger charge is -2.14. The molecule has 2 rings (SSSR count). The molecule has 0 unspecified atom stereocenters. The molecule has 0 amide bonds. The molecular weight excluding hydrogens is 292 g/mol. The summed E-state index contributed by atoms with van der Waals surface area (Å²) < 4.78 is 5.34. The second kappa shape index (κ2) is 7.49. The molecule has 0 saturated carbocycles. The van der Waals surface area contributed by atoms with Crippen LogP contribution in [-0.4, -0.2) is 34.6 Å². The van der Waals surface area contributed by atoms with Crippen LogP contribution in [0.25, 0.3) is 11.1 Å². The van der Waals surface area contributed by atoms with Crippen LogP contribution in [0.5, 0.6) is 11.5 Å². The number of phenols is 1. The highest BCUT2D eigenvalue weighted by Crippen LogP contribution is 2.33. The van der Waals surface area contributed by atoms with Crippen LogP contribution in [0.1, 0.15) is 25.0 Å². The molecule has 0 saturated heterocycles. The van der Waals surface area contributed by atoms with Gasteiger partial charge in [0.2, 0.25) is 0 Å². The summed E-state index contributed by atoms with van der Waals surface area (Å²) in [5, 5.41) is 29.4. The van der Waals surface area contributed by atoms with Gasteiger partial charge in [0.05, 0.1) is 19.3 Å². The Morgan fingerprint density at radius 3 is 2.26 bits per heavy atom. The molecule has 0 aliphatic rings. The van der Waals surface area contributed by atoms with Gasteiger partial charge in [0.15, 0.2) is 0 Å².